The number of allylic oxidation sites excluding steroid dienone is 1. The van der Waals surface area contributed by atoms with Crippen molar-refractivity contribution in [2.45, 2.75) is 130 Å². The fourth-order valence-electron chi connectivity index (χ4n) is 9.73. The highest BCUT2D eigenvalue weighted by Crippen LogP contribution is 2.67. The van der Waals surface area contributed by atoms with Gasteiger partial charge in [-0.2, -0.15) is 0 Å². The Labute approximate surface area is 244 Å². The van der Waals surface area contributed by atoms with Crippen LogP contribution >= 0.6 is 0 Å². The van der Waals surface area contributed by atoms with Crippen LogP contribution in [0.3, 0.4) is 0 Å². The lowest BCUT2D eigenvalue weighted by Gasteiger charge is -2.58. The fraction of sp³-hybridized carbons (Fsp3) is 0.882. The third kappa shape index (κ3) is 6.64. The molecule has 4 aliphatic rings. The highest BCUT2D eigenvalue weighted by molar-refractivity contribution is 5.82. The summed E-state index contributed by atoms with van der Waals surface area (Å²) in [6, 6.07) is -0.620. The molecule has 5 N–H and O–H groups in total. The van der Waals surface area contributed by atoms with E-state index in [1.165, 1.54) is 51.4 Å². The Morgan fingerprint density at radius 2 is 1.82 bits per heavy atom. The van der Waals surface area contributed by atoms with Crippen molar-refractivity contribution in [2.24, 2.45) is 57.8 Å². The molecule has 3 fully saturated rings. The van der Waals surface area contributed by atoms with E-state index in [2.05, 4.69) is 46.0 Å². The maximum absolute atomic E-state index is 12.6. The minimum absolute atomic E-state index is 0.0463. The molecule has 9 atom stereocenters. The van der Waals surface area contributed by atoms with Crippen LogP contribution in [-0.4, -0.2) is 37.1 Å². The van der Waals surface area contributed by atoms with E-state index in [0.29, 0.717) is 18.4 Å². The van der Waals surface area contributed by atoms with Crippen LogP contribution in [0.2, 0.25) is 0 Å². The van der Waals surface area contributed by atoms with E-state index in [1.807, 2.05) is 0 Å². The highest BCUT2D eigenvalue weighted by Gasteiger charge is 2.59. The molecule has 4 aliphatic carbocycles. The lowest BCUT2D eigenvalue weighted by Crippen LogP contribution is -2.51. The maximum atomic E-state index is 12.6. The standard InChI is InChI=1S/C34H59N3O3/c1-22(2)7-6-8-23(3)27-11-12-28-26-10-9-24-21-25(13-17-33(24,4)29(26)14-18-34(27,28)5)40-31(38)16-20-37-32(39)30(36)15-19-35/h9,22-23,25-30H,6-8,10-21,35-36H2,1-5H3,(H,37,39)/t23-,25?,26?,27-,28?,29?,30?,33+,34-/m1/s1. The van der Waals surface area contributed by atoms with Gasteiger partial charge in [0.05, 0.1) is 12.5 Å². The topological polar surface area (TPSA) is 107 Å². The minimum Gasteiger partial charge on any atom is -0.462 e. The van der Waals surface area contributed by atoms with Crippen LogP contribution in [0.4, 0.5) is 0 Å². The lowest BCUT2D eigenvalue weighted by molar-refractivity contribution is -0.151. The molecule has 0 aromatic rings. The Morgan fingerprint density at radius 3 is 2.55 bits per heavy atom. The van der Waals surface area contributed by atoms with Gasteiger partial charge < -0.3 is 21.5 Å². The summed E-state index contributed by atoms with van der Waals surface area (Å²) in [5.74, 6) is 4.50. The highest BCUT2D eigenvalue weighted by atomic mass is 16.5. The Kier molecular flexibility index (Phi) is 10.5. The molecule has 0 heterocycles. The van der Waals surface area contributed by atoms with E-state index >= 15 is 0 Å². The number of hydrogen-bond acceptors (Lipinski definition) is 5. The molecule has 1 amide bonds. The van der Waals surface area contributed by atoms with Crippen LogP contribution in [0.5, 0.6) is 0 Å². The predicted octanol–water partition coefficient (Wildman–Crippen LogP) is 6.12. The predicted molar refractivity (Wildman–Crippen MR) is 162 cm³/mol. The number of carbonyl (C=O) groups excluding carboxylic acids is 2. The molecule has 228 valence electrons. The van der Waals surface area contributed by atoms with Gasteiger partial charge in [0.2, 0.25) is 5.91 Å². The molecule has 0 radical (unpaired) electrons. The van der Waals surface area contributed by atoms with E-state index < -0.39 is 6.04 Å². The number of amides is 1. The second-order valence-electron chi connectivity index (χ2n) is 14.9. The third-order valence-electron chi connectivity index (χ3n) is 12.0. The number of rotatable bonds is 12. The number of ether oxygens (including phenoxy) is 1. The summed E-state index contributed by atoms with van der Waals surface area (Å²) in [5, 5.41) is 2.73. The van der Waals surface area contributed by atoms with Crippen LogP contribution in [0.1, 0.15) is 118 Å². The zero-order chi connectivity index (χ0) is 29.1. The van der Waals surface area contributed by atoms with Gasteiger partial charge in [0.15, 0.2) is 0 Å². The van der Waals surface area contributed by atoms with Gasteiger partial charge in [-0.1, -0.05) is 65.5 Å². The van der Waals surface area contributed by atoms with Crippen LogP contribution in [-0.2, 0) is 14.3 Å². The Morgan fingerprint density at radius 1 is 1.05 bits per heavy atom. The smallest absolute Gasteiger partial charge is 0.307 e. The summed E-state index contributed by atoms with van der Waals surface area (Å²) in [6.07, 6.45) is 17.0. The fourth-order valence-corrected chi connectivity index (χ4v) is 9.73. The summed E-state index contributed by atoms with van der Waals surface area (Å²) in [6.45, 7) is 13.1. The average Bonchev–Trinajstić information content (AvgIpc) is 3.26. The van der Waals surface area contributed by atoms with Gasteiger partial charge in [0.25, 0.3) is 0 Å². The van der Waals surface area contributed by atoms with Crippen molar-refractivity contribution in [3.8, 4) is 0 Å². The normalized spacial score (nSPS) is 36.6. The molecule has 6 nitrogen and oxygen atoms in total. The second kappa shape index (κ2) is 13.3. The SMILES string of the molecule is CC(C)CCC[C@@H](C)[C@H]1CCC2C3CC=C4CC(OC(=O)CCNC(=O)C(N)CCN)CC[C@]4(C)C3CC[C@@]21C. The Bertz CT molecular complexity index is 918. The van der Waals surface area contributed by atoms with Gasteiger partial charge >= 0.3 is 5.97 Å². The molecule has 6 heteroatoms. The molecule has 0 aliphatic heterocycles. The van der Waals surface area contributed by atoms with Gasteiger partial charge in [0.1, 0.15) is 6.10 Å². The Hall–Kier alpha value is -1.40. The van der Waals surface area contributed by atoms with Crippen molar-refractivity contribution < 1.29 is 14.3 Å². The first-order valence-electron chi connectivity index (χ1n) is 16.6. The zero-order valence-electron chi connectivity index (χ0n) is 26.2. The third-order valence-corrected chi connectivity index (χ3v) is 12.0. The van der Waals surface area contributed by atoms with Gasteiger partial charge in [-0.3, -0.25) is 9.59 Å². The first-order valence-corrected chi connectivity index (χ1v) is 16.6. The summed E-state index contributed by atoms with van der Waals surface area (Å²) in [4.78, 5) is 24.5. The molecule has 0 aromatic carbocycles. The number of nitrogens with two attached hydrogens (primary N) is 2. The molecular formula is C34H59N3O3. The first kappa shape index (κ1) is 31.5. The van der Waals surface area contributed by atoms with Crippen molar-refractivity contribution >= 4 is 11.9 Å². The molecule has 4 rings (SSSR count). The van der Waals surface area contributed by atoms with Crippen LogP contribution in [0.15, 0.2) is 11.6 Å². The number of carbonyl (C=O) groups is 2. The van der Waals surface area contributed by atoms with Crippen molar-refractivity contribution in [3.63, 3.8) is 0 Å². The van der Waals surface area contributed by atoms with Gasteiger partial charge in [-0.05, 0) is 104 Å². The quantitative estimate of drug-likeness (QED) is 0.198. The van der Waals surface area contributed by atoms with E-state index in [4.69, 9.17) is 16.2 Å². The van der Waals surface area contributed by atoms with E-state index in [1.54, 1.807) is 5.57 Å². The number of nitrogens with one attached hydrogen (secondary N) is 1. The number of esters is 1. The summed E-state index contributed by atoms with van der Waals surface area (Å²) < 4.78 is 5.90. The second-order valence-corrected chi connectivity index (χ2v) is 14.9. The minimum atomic E-state index is -0.620. The van der Waals surface area contributed by atoms with E-state index in [9.17, 15) is 9.59 Å². The van der Waals surface area contributed by atoms with Gasteiger partial charge in [0, 0.05) is 13.0 Å². The molecule has 3 saturated carbocycles. The number of fused-ring (bicyclic) bond motifs is 5. The van der Waals surface area contributed by atoms with E-state index in [-0.39, 0.29) is 36.4 Å². The molecule has 0 bridgehead atoms. The molecule has 0 saturated heterocycles. The molecular weight excluding hydrogens is 498 g/mol. The summed E-state index contributed by atoms with van der Waals surface area (Å²) in [5.41, 5.74) is 13.6. The molecule has 0 spiro atoms. The molecule has 5 unspecified atom stereocenters. The first-order chi connectivity index (χ1) is 19.0. The number of hydrogen-bond donors (Lipinski definition) is 3. The van der Waals surface area contributed by atoms with Crippen molar-refractivity contribution in [2.75, 3.05) is 13.1 Å². The van der Waals surface area contributed by atoms with Crippen LogP contribution in [0, 0.1) is 46.3 Å². The lowest BCUT2D eigenvalue weighted by atomic mass is 9.47. The molecule has 0 aromatic heterocycles. The van der Waals surface area contributed by atoms with Gasteiger partial charge in [-0.15, -0.1) is 0 Å². The van der Waals surface area contributed by atoms with Gasteiger partial charge in [-0.25, -0.2) is 0 Å². The summed E-state index contributed by atoms with van der Waals surface area (Å²) >= 11 is 0. The van der Waals surface area contributed by atoms with Crippen molar-refractivity contribution in [1.29, 1.82) is 0 Å². The zero-order valence-corrected chi connectivity index (χ0v) is 26.2. The average molecular weight is 558 g/mol. The van der Waals surface area contributed by atoms with Crippen molar-refractivity contribution in [1.82, 2.24) is 5.32 Å². The van der Waals surface area contributed by atoms with Crippen LogP contribution in [0.25, 0.3) is 0 Å². The van der Waals surface area contributed by atoms with Crippen LogP contribution < -0.4 is 16.8 Å². The summed E-state index contributed by atoms with van der Waals surface area (Å²) in [7, 11) is 0. The Balaban J connectivity index is 1.31. The van der Waals surface area contributed by atoms with E-state index in [0.717, 1.165) is 54.8 Å². The monoisotopic (exact) mass is 557 g/mol. The maximum Gasteiger partial charge on any atom is 0.307 e. The largest absolute Gasteiger partial charge is 0.462 e. The molecule has 40 heavy (non-hydrogen) atoms. The van der Waals surface area contributed by atoms with Crippen molar-refractivity contribution in [3.05, 3.63) is 11.6 Å².